The van der Waals surface area contributed by atoms with E-state index in [-0.39, 0.29) is 11.5 Å². The number of aromatic hydroxyl groups is 2. The summed E-state index contributed by atoms with van der Waals surface area (Å²) in [4.78, 5) is 9.90. The minimum absolute atomic E-state index is 0.212. The average molecular weight is 434 g/mol. The number of anilines is 1. The van der Waals surface area contributed by atoms with E-state index < -0.39 is 0 Å². The number of phenolic OH excluding ortho intramolecular Hbond substituents is 2. The molecule has 1 aromatic heterocycles. The van der Waals surface area contributed by atoms with Gasteiger partial charge in [0, 0.05) is 28.9 Å². The molecule has 0 amide bonds. The van der Waals surface area contributed by atoms with Crippen molar-refractivity contribution in [3.63, 3.8) is 0 Å². The molecule has 4 aromatic carbocycles. The number of aromatic nitrogens is 2. The molecule has 0 aliphatic heterocycles. The maximum absolute atomic E-state index is 10.1. The number of nitrogens with one attached hydrogen (secondary N) is 1. The summed E-state index contributed by atoms with van der Waals surface area (Å²) in [6, 6.07) is 28.4. The zero-order valence-electron chi connectivity index (χ0n) is 18.2. The van der Waals surface area contributed by atoms with Crippen molar-refractivity contribution in [2.24, 2.45) is 0 Å². The number of nitrogens with zero attached hydrogens (tertiary/aromatic N) is 2. The van der Waals surface area contributed by atoms with Crippen LogP contribution in [0.2, 0.25) is 0 Å². The van der Waals surface area contributed by atoms with Crippen molar-refractivity contribution in [2.75, 3.05) is 5.32 Å². The minimum Gasteiger partial charge on any atom is -0.508 e. The Balaban J connectivity index is 1.55. The van der Waals surface area contributed by atoms with Gasteiger partial charge in [0.2, 0.25) is 0 Å². The fourth-order valence-corrected chi connectivity index (χ4v) is 3.84. The highest BCUT2D eigenvalue weighted by molar-refractivity contribution is 5.87. The first kappa shape index (κ1) is 20.5. The van der Waals surface area contributed by atoms with E-state index >= 15 is 0 Å². The van der Waals surface area contributed by atoms with Crippen molar-refractivity contribution in [1.82, 2.24) is 9.97 Å². The van der Waals surface area contributed by atoms with Crippen molar-refractivity contribution < 1.29 is 10.2 Å². The van der Waals surface area contributed by atoms with Crippen molar-refractivity contribution in [2.45, 2.75) is 13.5 Å². The highest BCUT2D eigenvalue weighted by atomic mass is 16.3. The molecule has 0 unspecified atom stereocenters. The Morgan fingerprint density at radius 3 is 2.15 bits per heavy atom. The molecule has 162 valence electrons. The van der Waals surface area contributed by atoms with Crippen molar-refractivity contribution in [3.8, 4) is 34.0 Å². The van der Waals surface area contributed by atoms with Gasteiger partial charge in [0.15, 0.2) is 0 Å². The van der Waals surface area contributed by atoms with Crippen LogP contribution in [-0.2, 0) is 6.54 Å². The highest BCUT2D eigenvalue weighted by Gasteiger charge is 2.14. The lowest BCUT2D eigenvalue weighted by atomic mass is 10.0. The van der Waals surface area contributed by atoms with Gasteiger partial charge in [-0.2, -0.15) is 0 Å². The minimum atomic E-state index is 0.212. The van der Waals surface area contributed by atoms with E-state index in [9.17, 15) is 10.2 Å². The first-order valence-corrected chi connectivity index (χ1v) is 10.8. The Hall–Kier alpha value is -4.38. The molecule has 0 saturated carbocycles. The molecule has 0 radical (unpaired) electrons. The molecular weight excluding hydrogens is 410 g/mol. The second kappa shape index (κ2) is 8.63. The maximum Gasteiger partial charge on any atom is 0.120 e. The van der Waals surface area contributed by atoms with Gasteiger partial charge in [-0.25, -0.2) is 9.97 Å². The van der Waals surface area contributed by atoms with E-state index in [0.29, 0.717) is 6.54 Å². The zero-order valence-corrected chi connectivity index (χ0v) is 18.2. The van der Waals surface area contributed by atoms with Crippen LogP contribution in [-0.4, -0.2) is 20.2 Å². The number of rotatable bonds is 5. The van der Waals surface area contributed by atoms with E-state index in [1.165, 1.54) is 0 Å². The molecule has 0 bridgehead atoms. The second-order valence-corrected chi connectivity index (χ2v) is 8.02. The molecule has 5 heteroatoms. The Labute approximate surface area is 192 Å². The van der Waals surface area contributed by atoms with Crippen molar-refractivity contribution in [3.05, 3.63) is 102 Å². The lowest BCUT2D eigenvalue weighted by Crippen LogP contribution is -2.01. The summed E-state index contributed by atoms with van der Waals surface area (Å²) < 4.78 is 0. The van der Waals surface area contributed by atoms with E-state index in [1.54, 1.807) is 18.2 Å². The third-order valence-electron chi connectivity index (χ3n) is 5.57. The second-order valence-electron chi connectivity index (χ2n) is 8.02. The zero-order chi connectivity index (χ0) is 22.8. The maximum atomic E-state index is 10.1. The molecule has 33 heavy (non-hydrogen) atoms. The van der Waals surface area contributed by atoms with Gasteiger partial charge in [-0.05, 0) is 55.5 Å². The first-order chi connectivity index (χ1) is 16.1. The number of fused-ring (bicyclic) bond motifs is 1. The Morgan fingerprint density at radius 2 is 1.39 bits per heavy atom. The van der Waals surface area contributed by atoms with Crippen LogP contribution in [0.25, 0.3) is 33.5 Å². The number of phenols is 2. The van der Waals surface area contributed by atoms with Gasteiger partial charge in [0.05, 0.1) is 22.4 Å². The number of benzene rings is 4. The number of hydrogen-bond acceptors (Lipinski definition) is 5. The van der Waals surface area contributed by atoms with E-state index in [4.69, 9.17) is 9.97 Å². The smallest absolute Gasteiger partial charge is 0.120 e. The fourth-order valence-electron chi connectivity index (χ4n) is 3.84. The van der Waals surface area contributed by atoms with Crippen molar-refractivity contribution in [1.29, 1.82) is 0 Å². The van der Waals surface area contributed by atoms with Crippen LogP contribution in [0.3, 0.4) is 0 Å². The summed E-state index contributed by atoms with van der Waals surface area (Å²) in [5.74, 6) is 0.489. The average Bonchev–Trinajstić information content (AvgIpc) is 2.85. The number of hydrogen-bond donors (Lipinski definition) is 3. The van der Waals surface area contributed by atoms with Gasteiger partial charge >= 0.3 is 0 Å². The predicted molar refractivity (Wildman–Crippen MR) is 132 cm³/mol. The van der Waals surface area contributed by atoms with E-state index in [1.807, 2.05) is 79.7 Å². The molecule has 0 spiro atoms. The van der Waals surface area contributed by atoms with Gasteiger partial charge in [-0.15, -0.1) is 0 Å². The van der Waals surface area contributed by atoms with Crippen LogP contribution in [0.4, 0.5) is 5.69 Å². The molecule has 5 aromatic rings. The van der Waals surface area contributed by atoms with Gasteiger partial charge in [-0.1, -0.05) is 48.0 Å². The highest BCUT2D eigenvalue weighted by Crippen LogP contribution is 2.32. The van der Waals surface area contributed by atoms with Crippen LogP contribution >= 0.6 is 0 Å². The predicted octanol–water partition coefficient (Wildman–Crippen LogP) is 6.30. The topological polar surface area (TPSA) is 78.3 Å². The molecular formula is C28H23N3O2. The summed E-state index contributed by atoms with van der Waals surface area (Å²) in [6.07, 6.45) is 0. The van der Waals surface area contributed by atoms with Gasteiger partial charge in [-0.3, -0.25) is 0 Å². The summed E-state index contributed by atoms with van der Waals surface area (Å²) in [5, 5.41) is 23.2. The van der Waals surface area contributed by atoms with Crippen LogP contribution < -0.4 is 5.32 Å². The third-order valence-corrected chi connectivity index (χ3v) is 5.57. The molecule has 0 atom stereocenters. The summed E-state index contributed by atoms with van der Waals surface area (Å²) in [6.45, 7) is 2.51. The first-order valence-electron chi connectivity index (χ1n) is 10.8. The molecule has 5 nitrogen and oxygen atoms in total. The third kappa shape index (κ3) is 4.34. The Bertz CT molecular complexity index is 1430. The van der Waals surface area contributed by atoms with Crippen LogP contribution in [0.15, 0.2) is 91.0 Å². The number of aryl methyl sites for hydroxylation is 1. The molecule has 0 saturated heterocycles. The molecule has 1 heterocycles. The normalized spacial score (nSPS) is 10.9. The Morgan fingerprint density at radius 1 is 0.697 bits per heavy atom. The largest absolute Gasteiger partial charge is 0.508 e. The van der Waals surface area contributed by atoms with Crippen molar-refractivity contribution >= 4 is 16.7 Å². The van der Waals surface area contributed by atoms with Crippen LogP contribution in [0.5, 0.6) is 11.5 Å². The summed E-state index contributed by atoms with van der Waals surface area (Å²) >= 11 is 0. The van der Waals surface area contributed by atoms with Crippen LogP contribution in [0, 0.1) is 6.92 Å². The molecule has 3 N–H and O–H groups in total. The molecule has 0 aliphatic carbocycles. The molecule has 0 fully saturated rings. The van der Waals surface area contributed by atoms with Gasteiger partial charge in [0.25, 0.3) is 0 Å². The Kier molecular flexibility index (Phi) is 5.37. The van der Waals surface area contributed by atoms with E-state index in [2.05, 4.69) is 5.32 Å². The quantitative estimate of drug-likeness (QED) is 0.303. The summed E-state index contributed by atoms with van der Waals surface area (Å²) in [5.41, 5.74) is 7.79. The monoisotopic (exact) mass is 433 g/mol. The standard InChI is InChI=1S/C28H23N3O2/c1-18-7-14-26(33)21(15-18)17-29-22-10-13-24-25(16-22)31-27(19-5-3-2-4-6-19)28(30-24)20-8-11-23(32)12-9-20/h2-16,29,32-33H,17H2,1H3. The van der Waals surface area contributed by atoms with Gasteiger partial charge in [0.1, 0.15) is 11.5 Å². The van der Waals surface area contributed by atoms with Crippen LogP contribution in [0.1, 0.15) is 11.1 Å². The molecule has 0 aliphatic rings. The SMILES string of the molecule is Cc1ccc(O)c(CNc2ccc3nc(-c4ccc(O)cc4)c(-c4ccccc4)nc3c2)c1. The lowest BCUT2D eigenvalue weighted by Gasteiger charge is -2.13. The van der Waals surface area contributed by atoms with Gasteiger partial charge < -0.3 is 15.5 Å². The van der Waals surface area contributed by atoms with E-state index in [0.717, 1.165) is 50.4 Å². The lowest BCUT2D eigenvalue weighted by molar-refractivity contribution is 0.469. The fraction of sp³-hybridized carbons (Fsp3) is 0.0714. The molecule has 5 rings (SSSR count). The summed E-state index contributed by atoms with van der Waals surface area (Å²) in [7, 11) is 0.